The van der Waals surface area contributed by atoms with Crippen LogP contribution in [0, 0.1) is 0 Å². The predicted octanol–water partition coefficient (Wildman–Crippen LogP) is 3.15. The third-order valence-electron chi connectivity index (χ3n) is 3.60. The van der Waals surface area contributed by atoms with Crippen LogP contribution in [0.5, 0.6) is 0 Å². The molecule has 0 saturated carbocycles. The van der Waals surface area contributed by atoms with Crippen LogP contribution in [-0.4, -0.2) is 38.9 Å². The van der Waals surface area contributed by atoms with E-state index in [9.17, 15) is 21.6 Å². The molecule has 23 heavy (non-hydrogen) atoms. The summed E-state index contributed by atoms with van der Waals surface area (Å²) in [7, 11) is -2.65. The fourth-order valence-electron chi connectivity index (χ4n) is 2.68. The van der Waals surface area contributed by atoms with Crippen molar-refractivity contribution in [1.29, 1.82) is 0 Å². The molecule has 0 aromatic heterocycles. The summed E-state index contributed by atoms with van der Waals surface area (Å²) in [6.07, 6.45) is -3.57. The molecule has 1 unspecified atom stereocenters. The zero-order chi connectivity index (χ0) is 16.5. The molecule has 1 aromatic carbocycles. The molecule has 132 valence electrons. The molecule has 1 heterocycles. The van der Waals surface area contributed by atoms with Crippen LogP contribution in [0.2, 0.25) is 5.02 Å². The molecule has 1 aliphatic heterocycles. The van der Waals surface area contributed by atoms with Gasteiger partial charge in [-0.2, -0.15) is 17.5 Å². The first-order valence-electron chi connectivity index (χ1n) is 6.71. The lowest BCUT2D eigenvalue weighted by Gasteiger charge is -2.26. The van der Waals surface area contributed by atoms with E-state index in [0.29, 0.717) is 19.4 Å². The highest BCUT2D eigenvalue weighted by Gasteiger charge is 2.43. The summed E-state index contributed by atoms with van der Waals surface area (Å²) in [5, 5.41) is 2.45. The highest BCUT2D eigenvalue weighted by Crippen LogP contribution is 2.40. The van der Waals surface area contributed by atoms with Crippen LogP contribution < -0.4 is 5.32 Å². The molecule has 0 amide bonds. The van der Waals surface area contributed by atoms with Crippen LogP contribution in [0.4, 0.5) is 13.2 Å². The van der Waals surface area contributed by atoms with Gasteiger partial charge in [0.1, 0.15) is 4.90 Å². The summed E-state index contributed by atoms with van der Waals surface area (Å²) in [4.78, 5) is -0.854. The second kappa shape index (κ2) is 7.57. The van der Waals surface area contributed by atoms with Crippen molar-refractivity contribution in [2.45, 2.75) is 30.0 Å². The lowest BCUT2D eigenvalue weighted by Crippen LogP contribution is -2.41. The third-order valence-corrected chi connectivity index (χ3v) is 6.08. The highest BCUT2D eigenvalue weighted by molar-refractivity contribution is 7.89. The summed E-state index contributed by atoms with van der Waals surface area (Å²) in [5.41, 5.74) is -1.23. The van der Waals surface area contributed by atoms with Crippen molar-refractivity contribution >= 4 is 34.0 Å². The van der Waals surface area contributed by atoms with Crippen molar-refractivity contribution in [2.75, 3.05) is 20.1 Å². The minimum Gasteiger partial charge on any atom is -0.318 e. The van der Waals surface area contributed by atoms with E-state index in [0.717, 1.165) is 22.5 Å². The van der Waals surface area contributed by atoms with Crippen molar-refractivity contribution in [3.8, 4) is 0 Å². The molecule has 1 atom stereocenters. The summed E-state index contributed by atoms with van der Waals surface area (Å²) < 4.78 is 66.0. The van der Waals surface area contributed by atoms with E-state index >= 15 is 0 Å². The number of nitrogens with zero attached hydrogens (tertiary/aromatic N) is 1. The second-order valence-corrected chi connectivity index (χ2v) is 7.32. The van der Waals surface area contributed by atoms with Gasteiger partial charge >= 0.3 is 6.18 Å². The van der Waals surface area contributed by atoms with Crippen molar-refractivity contribution in [2.24, 2.45) is 0 Å². The molecular weight excluding hydrogens is 376 g/mol. The van der Waals surface area contributed by atoms with Crippen LogP contribution in [-0.2, 0) is 16.2 Å². The minimum absolute atomic E-state index is 0. The Hall–Kier alpha value is -0.540. The zero-order valence-corrected chi connectivity index (χ0v) is 14.6. The molecule has 0 radical (unpaired) electrons. The number of halogens is 5. The number of sulfonamides is 1. The Kier molecular flexibility index (Phi) is 6.74. The average molecular weight is 393 g/mol. The van der Waals surface area contributed by atoms with Gasteiger partial charge < -0.3 is 5.32 Å². The molecule has 0 bridgehead atoms. The van der Waals surface area contributed by atoms with E-state index in [1.54, 1.807) is 7.05 Å². The molecule has 10 heteroatoms. The van der Waals surface area contributed by atoms with Crippen molar-refractivity contribution in [3.63, 3.8) is 0 Å². The van der Waals surface area contributed by atoms with E-state index in [2.05, 4.69) is 5.32 Å². The van der Waals surface area contributed by atoms with Gasteiger partial charge in [0.25, 0.3) is 0 Å². The Bertz CT molecular complexity index is 653. The highest BCUT2D eigenvalue weighted by atomic mass is 35.5. The first-order chi connectivity index (χ1) is 10.2. The average Bonchev–Trinajstić information content (AvgIpc) is 2.86. The first kappa shape index (κ1) is 20.5. The summed E-state index contributed by atoms with van der Waals surface area (Å²) in [6.45, 7) is 0.572. The summed E-state index contributed by atoms with van der Waals surface area (Å²) in [5.74, 6) is 0. The van der Waals surface area contributed by atoms with Crippen molar-refractivity contribution in [3.05, 3.63) is 28.8 Å². The van der Waals surface area contributed by atoms with E-state index in [-0.39, 0.29) is 25.0 Å². The molecule has 2 rings (SSSR count). The van der Waals surface area contributed by atoms with E-state index in [4.69, 9.17) is 11.6 Å². The normalized spacial score (nSPS) is 19.6. The van der Waals surface area contributed by atoms with Gasteiger partial charge in [-0.05, 0) is 32.0 Å². The molecular formula is C13H17Cl2F3N2O2S. The molecule has 1 aliphatic rings. The maximum Gasteiger partial charge on any atom is 0.417 e. The maximum atomic E-state index is 13.1. The smallest absolute Gasteiger partial charge is 0.318 e. The standard InChI is InChI=1S/C13H16ClF3N2O2S.ClH/c1-18-8-9-4-3-7-19(9)22(20,21)12-10(13(15,16)17)5-2-6-11(12)14;/h2,5-6,9,18H,3-4,7-8H2,1H3;1H. The van der Waals surface area contributed by atoms with Crippen LogP contribution in [0.3, 0.4) is 0 Å². The molecule has 1 N–H and O–H groups in total. The predicted molar refractivity (Wildman–Crippen MR) is 84.5 cm³/mol. The third kappa shape index (κ3) is 4.11. The van der Waals surface area contributed by atoms with Crippen LogP contribution in [0.15, 0.2) is 23.1 Å². The number of alkyl halides is 3. The van der Waals surface area contributed by atoms with Gasteiger partial charge in [0.05, 0.1) is 10.6 Å². The Balaban J connectivity index is 0.00000264. The van der Waals surface area contributed by atoms with Gasteiger partial charge in [0, 0.05) is 19.1 Å². The number of hydrogen-bond acceptors (Lipinski definition) is 3. The second-order valence-electron chi connectivity index (χ2n) is 5.08. The van der Waals surface area contributed by atoms with Crippen molar-refractivity contribution < 1.29 is 21.6 Å². The van der Waals surface area contributed by atoms with Gasteiger partial charge in [0.2, 0.25) is 10.0 Å². The molecule has 1 fully saturated rings. The van der Waals surface area contributed by atoms with Gasteiger partial charge in [-0.25, -0.2) is 8.42 Å². The van der Waals surface area contributed by atoms with Gasteiger partial charge in [0.15, 0.2) is 0 Å². The summed E-state index contributed by atoms with van der Waals surface area (Å²) >= 11 is 5.80. The summed E-state index contributed by atoms with van der Waals surface area (Å²) in [6, 6.07) is 2.63. The fourth-order valence-corrected chi connectivity index (χ4v) is 5.10. The number of likely N-dealkylation sites (N-methyl/N-ethyl adjacent to an activating group) is 1. The van der Waals surface area contributed by atoms with Crippen LogP contribution in [0.25, 0.3) is 0 Å². The van der Waals surface area contributed by atoms with Crippen LogP contribution >= 0.6 is 24.0 Å². The maximum absolute atomic E-state index is 13.1. The molecule has 0 spiro atoms. The molecule has 0 aliphatic carbocycles. The van der Waals surface area contributed by atoms with Crippen molar-refractivity contribution in [1.82, 2.24) is 9.62 Å². The number of nitrogens with one attached hydrogen (secondary N) is 1. The van der Waals surface area contributed by atoms with E-state index in [1.807, 2.05) is 0 Å². The number of rotatable bonds is 4. The Morgan fingerprint density at radius 1 is 1.39 bits per heavy atom. The largest absolute Gasteiger partial charge is 0.417 e. The lowest BCUT2D eigenvalue weighted by molar-refractivity contribution is -0.139. The van der Waals surface area contributed by atoms with E-state index in [1.165, 1.54) is 0 Å². The monoisotopic (exact) mass is 392 g/mol. The number of hydrogen-bond donors (Lipinski definition) is 1. The molecule has 4 nitrogen and oxygen atoms in total. The Labute approximate surface area is 144 Å². The van der Waals surface area contributed by atoms with Gasteiger partial charge in [-0.1, -0.05) is 17.7 Å². The molecule has 1 aromatic rings. The SMILES string of the molecule is CNCC1CCCN1S(=O)(=O)c1c(Cl)cccc1C(F)(F)F.Cl. The topological polar surface area (TPSA) is 49.4 Å². The molecule has 1 saturated heterocycles. The first-order valence-corrected chi connectivity index (χ1v) is 8.53. The number of benzene rings is 1. The van der Waals surface area contributed by atoms with Gasteiger partial charge in [-0.3, -0.25) is 0 Å². The fraction of sp³-hybridized carbons (Fsp3) is 0.538. The lowest BCUT2D eigenvalue weighted by atomic mass is 10.2. The quantitative estimate of drug-likeness (QED) is 0.855. The van der Waals surface area contributed by atoms with Crippen LogP contribution in [0.1, 0.15) is 18.4 Å². The Morgan fingerprint density at radius 2 is 2.04 bits per heavy atom. The zero-order valence-electron chi connectivity index (χ0n) is 12.2. The van der Waals surface area contributed by atoms with E-state index < -0.39 is 31.7 Å². The Morgan fingerprint density at radius 3 is 2.61 bits per heavy atom. The minimum atomic E-state index is -4.79. The van der Waals surface area contributed by atoms with Gasteiger partial charge in [-0.15, -0.1) is 12.4 Å².